The Morgan fingerprint density at radius 2 is 2.05 bits per heavy atom. The number of likely N-dealkylation sites (tertiary alicyclic amines) is 1. The van der Waals surface area contributed by atoms with E-state index in [0.29, 0.717) is 13.1 Å². The predicted octanol–water partition coefficient (Wildman–Crippen LogP) is 0.695. The number of hydrogen-bond acceptors (Lipinski definition) is 4. The van der Waals surface area contributed by atoms with Crippen molar-refractivity contribution in [3.63, 3.8) is 0 Å². The SMILES string of the molecule is CC(C)(C)OC(=O)N1CCCC(/C(N)=N/C(N)=N/O)C1. The summed E-state index contributed by atoms with van der Waals surface area (Å²) in [6.45, 7) is 6.51. The average Bonchev–Trinajstić information content (AvgIpc) is 2.36. The van der Waals surface area contributed by atoms with Gasteiger partial charge in [0.05, 0.1) is 0 Å². The van der Waals surface area contributed by atoms with Crippen LogP contribution in [0.15, 0.2) is 10.1 Å². The molecule has 114 valence electrons. The zero-order chi connectivity index (χ0) is 15.3. The smallest absolute Gasteiger partial charge is 0.410 e. The molecule has 5 N–H and O–H groups in total. The number of amides is 1. The summed E-state index contributed by atoms with van der Waals surface area (Å²) in [6.07, 6.45) is 1.24. The van der Waals surface area contributed by atoms with Crippen LogP contribution in [0, 0.1) is 5.92 Å². The minimum atomic E-state index is -0.530. The molecule has 0 spiro atoms. The van der Waals surface area contributed by atoms with Gasteiger partial charge in [-0.05, 0) is 38.8 Å². The number of nitrogens with zero attached hydrogens (tertiary/aromatic N) is 3. The van der Waals surface area contributed by atoms with E-state index in [2.05, 4.69) is 10.1 Å². The minimum absolute atomic E-state index is 0.114. The van der Waals surface area contributed by atoms with Gasteiger partial charge in [0.15, 0.2) is 0 Å². The van der Waals surface area contributed by atoms with Gasteiger partial charge < -0.3 is 26.3 Å². The largest absolute Gasteiger partial charge is 0.444 e. The fourth-order valence-electron chi connectivity index (χ4n) is 1.96. The van der Waals surface area contributed by atoms with Crippen LogP contribution in [-0.2, 0) is 4.74 Å². The molecule has 20 heavy (non-hydrogen) atoms. The van der Waals surface area contributed by atoms with Crippen LogP contribution < -0.4 is 11.5 Å². The lowest BCUT2D eigenvalue weighted by Crippen LogP contribution is -2.46. The van der Waals surface area contributed by atoms with Gasteiger partial charge in [-0.3, -0.25) is 0 Å². The lowest BCUT2D eigenvalue weighted by atomic mass is 9.97. The van der Waals surface area contributed by atoms with E-state index in [1.165, 1.54) is 0 Å². The lowest BCUT2D eigenvalue weighted by Gasteiger charge is -2.33. The Labute approximate surface area is 118 Å². The summed E-state index contributed by atoms with van der Waals surface area (Å²) in [5, 5.41) is 11.2. The van der Waals surface area contributed by atoms with E-state index in [4.69, 9.17) is 21.4 Å². The van der Waals surface area contributed by atoms with Gasteiger partial charge in [0.1, 0.15) is 11.4 Å². The number of piperidine rings is 1. The van der Waals surface area contributed by atoms with Crippen LogP contribution in [-0.4, -0.2) is 46.7 Å². The molecule has 1 amide bonds. The van der Waals surface area contributed by atoms with Crippen molar-refractivity contribution in [1.29, 1.82) is 0 Å². The highest BCUT2D eigenvalue weighted by Gasteiger charge is 2.29. The number of amidine groups is 1. The number of carbonyl (C=O) groups excluding carboxylic acids is 1. The van der Waals surface area contributed by atoms with Crippen LogP contribution in [0.1, 0.15) is 33.6 Å². The normalized spacial score (nSPS) is 21.8. The summed E-state index contributed by atoms with van der Waals surface area (Å²) in [5.74, 6) is -0.151. The monoisotopic (exact) mass is 285 g/mol. The van der Waals surface area contributed by atoms with Crippen molar-refractivity contribution >= 4 is 17.9 Å². The third-order valence-corrected chi connectivity index (χ3v) is 2.84. The van der Waals surface area contributed by atoms with E-state index in [0.717, 1.165) is 12.8 Å². The van der Waals surface area contributed by atoms with Crippen molar-refractivity contribution in [2.45, 2.75) is 39.2 Å². The van der Waals surface area contributed by atoms with Crippen molar-refractivity contribution in [3.8, 4) is 0 Å². The van der Waals surface area contributed by atoms with Crippen LogP contribution in [0.2, 0.25) is 0 Å². The standard InChI is InChI=1S/C12H23N5O3/c1-12(2,3)20-11(18)17-6-4-5-8(7-17)9(13)15-10(14)16-19/h8,19H,4-7H2,1-3H3,(H4,13,14,15,16). The van der Waals surface area contributed by atoms with Gasteiger partial charge in [-0.15, -0.1) is 0 Å². The maximum atomic E-state index is 12.0. The minimum Gasteiger partial charge on any atom is -0.444 e. The Hall–Kier alpha value is -1.99. The number of carbonyl (C=O) groups is 1. The Bertz CT molecular complexity index is 414. The van der Waals surface area contributed by atoms with E-state index in [-0.39, 0.29) is 23.8 Å². The summed E-state index contributed by atoms with van der Waals surface area (Å²) in [4.78, 5) is 17.4. The zero-order valence-corrected chi connectivity index (χ0v) is 12.2. The van der Waals surface area contributed by atoms with Crippen LogP contribution in [0.4, 0.5) is 4.79 Å². The first-order valence-corrected chi connectivity index (χ1v) is 6.52. The first-order chi connectivity index (χ1) is 9.23. The molecular formula is C12H23N5O3. The molecule has 1 saturated heterocycles. The van der Waals surface area contributed by atoms with Crippen molar-refractivity contribution in [1.82, 2.24) is 4.90 Å². The quantitative estimate of drug-likeness (QED) is 0.283. The molecule has 1 aliphatic heterocycles. The number of guanidine groups is 1. The van der Waals surface area contributed by atoms with Crippen molar-refractivity contribution < 1.29 is 14.7 Å². The molecule has 1 atom stereocenters. The topological polar surface area (TPSA) is 127 Å². The van der Waals surface area contributed by atoms with Crippen LogP contribution in [0.3, 0.4) is 0 Å². The summed E-state index contributed by atoms with van der Waals surface area (Å²) < 4.78 is 5.33. The van der Waals surface area contributed by atoms with Gasteiger partial charge in [-0.1, -0.05) is 0 Å². The summed E-state index contributed by atoms with van der Waals surface area (Å²) in [6, 6.07) is 0. The summed E-state index contributed by atoms with van der Waals surface area (Å²) >= 11 is 0. The molecule has 0 radical (unpaired) electrons. The van der Waals surface area contributed by atoms with Gasteiger partial charge in [-0.25, -0.2) is 4.79 Å². The number of nitrogens with two attached hydrogens (primary N) is 2. The molecule has 0 bridgehead atoms. The van der Waals surface area contributed by atoms with Gasteiger partial charge in [0.2, 0.25) is 0 Å². The molecule has 1 unspecified atom stereocenters. The van der Waals surface area contributed by atoms with Crippen molar-refractivity contribution in [2.75, 3.05) is 13.1 Å². The van der Waals surface area contributed by atoms with E-state index >= 15 is 0 Å². The number of hydrogen-bond donors (Lipinski definition) is 3. The molecule has 8 heteroatoms. The van der Waals surface area contributed by atoms with Crippen molar-refractivity contribution in [2.24, 2.45) is 27.5 Å². The molecular weight excluding hydrogens is 262 g/mol. The molecule has 0 aromatic rings. The van der Waals surface area contributed by atoms with E-state index in [9.17, 15) is 4.79 Å². The number of rotatable bonds is 1. The fourth-order valence-corrected chi connectivity index (χ4v) is 1.96. The zero-order valence-electron chi connectivity index (χ0n) is 12.2. The third kappa shape index (κ3) is 4.94. The van der Waals surface area contributed by atoms with Gasteiger partial charge in [0.25, 0.3) is 5.96 Å². The van der Waals surface area contributed by atoms with Gasteiger partial charge in [-0.2, -0.15) is 4.99 Å². The first kappa shape index (κ1) is 16.1. The lowest BCUT2D eigenvalue weighted by molar-refractivity contribution is 0.0194. The average molecular weight is 285 g/mol. The molecule has 1 heterocycles. The van der Waals surface area contributed by atoms with Gasteiger partial charge >= 0.3 is 6.09 Å². The Balaban J connectivity index is 2.67. The molecule has 0 aliphatic carbocycles. The van der Waals surface area contributed by atoms with Crippen LogP contribution in [0.5, 0.6) is 0 Å². The fraction of sp³-hybridized carbons (Fsp3) is 0.750. The van der Waals surface area contributed by atoms with Crippen LogP contribution in [0.25, 0.3) is 0 Å². The highest BCUT2D eigenvalue weighted by molar-refractivity contribution is 5.95. The van der Waals surface area contributed by atoms with E-state index in [1.807, 2.05) is 20.8 Å². The Morgan fingerprint density at radius 3 is 2.60 bits per heavy atom. The summed E-state index contributed by atoms with van der Waals surface area (Å²) in [7, 11) is 0. The molecule has 1 aliphatic rings. The number of aliphatic imine (C=N–C) groups is 1. The van der Waals surface area contributed by atoms with E-state index < -0.39 is 5.60 Å². The Kier molecular flexibility index (Phi) is 5.18. The molecule has 0 saturated carbocycles. The molecule has 0 aromatic carbocycles. The second-order valence-electron chi connectivity index (χ2n) is 5.76. The molecule has 1 fully saturated rings. The predicted molar refractivity (Wildman–Crippen MR) is 75.6 cm³/mol. The maximum absolute atomic E-state index is 12.0. The highest BCUT2D eigenvalue weighted by Crippen LogP contribution is 2.19. The second kappa shape index (κ2) is 6.44. The first-order valence-electron chi connectivity index (χ1n) is 6.52. The van der Waals surface area contributed by atoms with Crippen molar-refractivity contribution in [3.05, 3.63) is 0 Å². The molecule has 0 aromatic heterocycles. The third-order valence-electron chi connectivity index (χ3n) is 2.84. The van der Waals surface area contributed by atoms with Gasteiger partial charge in [0, 0.05) is 19.0 Å². The maximum Gasteiger partial charge on any atom is 0.410 e. The number of ether oxygens (including phenoxy) is 1. The molecule has 1 rings (SSSR count). The highest BCUT2D eigenvalue weighted by atomic mass is 16.6. The Morgan fingerprint density at radius 1 is 1.40 bits per heavy atom. The van der Waals surface area contributed by atoms with E-state index in [1.54, 1.807) is 4.90 Å². The second-order valence-corrected chi connectivity index (χ2v) is 5.76. The molecule has 8 nitrogen and oxygen atoms in total. The summed E-state index contributed by atoms with van der Waals surface area (Å²) in [5.41, 5.74) is 10.6. The number of oxime groups is 1. The van der Waals surface area contributed by atoms with Crippen LogP contribution >= 0.6 is 0 Å².